The van der Waals surface area contributed by atoms with E-state index in [1.54, 1.807) is 12.1 Å². The Morgan fingerprint density at radius 3 is 2.44 bits per heavy atom. The molecule has 1 N–H and O–H groups in total. The number of benzene rings is 1. The minimum Gasteiger partial charge on any atom is -0.363 e. The number of rotatable bonds is 2. The van der Waals surface area contributed by atoms with Gasteiger partial charge in [0.15, 0.2) is 0 Å². The third kappa shape index (κ3) is 2.01. The summed E-state index contributed by atoms with van der Waals surface area (Å²) in [6.45, 7) is 0. The van der Waals surface area contributed by atoms with Gasteiger partial charge in [-0.05, 0) is 51.3 Å². The summed E-state index contributed by atoms with van der Waals surface area (Å²) >= 11 is 0. The van der Waals surface area contributed by atoms with Crippen molar-refractivity contribution in [1.82, 2.24) is 5.32 Å². The lowest BCUT2D eigenvalue weighted by Gasteiger charge is -2.50. The highest BCUT2D eigenvalue weighted by Crippen LogP contribution is 2.38. The Bertz CT molecular complexity index is 407. The standard InChI is InChI=1S/C15H21FN2/c1-17-11-9-12-5-4-6-13(10-11)18(12)15-8-3-2-7-14(15)16/h2-3,7-8,11-13,17H,4-6,9-10H2,1H3. The van der Waals surface area contributed by atoms with Gasteiger partial charge in [-0.15, -0.1) is 0 Å². The van der Waals surface area contributed by atoms with Crippen molar-refractivity contribution >= 4 is 5.69 Å². The molecule has 2 bridgehead atoms. The zero-order valence-electron chi connectivity index (χ0n) is 10.9. The van der Waals surface area contributed by atoms with Crippen LogP contribution in [0.25, 0.3) is 0 Å². The molecule has 2 aliphatic heterocycles. The highest BCUT2D eigenvalue weighted by molar-refractivity contribution is 5.51. The van der Waals surface area contributed by atoms with E-state index in [1.807, 2.05) is 19.2 Å². The summed E-state index contributed by atoms with van der Waals surface area (Å²) in [5.74, 6) is -0.0719. The van der Waals surface area contributed by atoms with Crippen LogP contribution in [0.5, 0.6) is 0 Å². The van der Waals surface area contributed by atoms with Crippen LogP contribution >= 0.6 is 0 Å². The number of nitrogens with one attached hydrogen (secondary N) is 1. The summed E-state index contributed by atoms with van der Waals surface area (Å²) in [6, 6.07) is 8.84. The first-order chi connectivity index (χ1) is 8.79. The molecule has 2 heterocycles. The predicted octanol–water partition coefficient (Wildman–Crippen LogP) is 2.94. The van der Waals surface area contributed by atoms with Crippen LogP contribution in [0.1, 0.15) is 32.1 Å². The Hall–Kier alpha value is -1.09. The largest absolute Gasteiger partial charge is 0.363 e. The third-order valence-corrected chi connectivity index (χ3v) is 4.51. The number of hydrogen-bond donors (Lipinski definition) is 1. The van der Waals surface area contributed by atoms with E-state index >= 15 is 0 Å². The van der Waals surface area contributed by atoms with Crippen molar-refractivity contribution in [2.24, 2.45) is 0 Å². The molecule has 2 fully saturated rings. The maximum absolute atomic E-state index is 14.0. The first kappa shape index (κ1) is 12.0. The Morgan fingerprint density at radius 2 is 1.83 bits per heavy atom. The molecule has 0 radical (unpaired) electrons. The number of para-hydroxylation sites is 1. The maximum atomic E-state index is 14.0. The van der Waals surface area contributed by atoms with Gasteiger partial charge in [0.2, 0.25) is 0 Å². The van der Waals surface area contributed by atoms with E-state index in [4.69, 9.17) is 0 Å². The molecule has 0 aromatic heterocycles. The topological polar surface area (TPSA) is 15.3 Å². The van der Waals surface area contributed by atoms with Crippen LogP contribution in [0.3, 0.4) is 0 Å². The summed E-state index contributed by atoms with van der Waals surface area (Å²) in [5, 5.41) is 3.40. The van der Waals surface area contributed by atoms with E-state index in [0.717, 1.165) is 18.5 Å². The van der Waals surface area contributed by atoms with Gasteiger partial charge in [0.25, 0.3) is 0 Å². The molecule has 3 rings (SSSR count). The van der Waals surface area contributed by atoms with Crippen LogP contribution < -0.4 is 10.2 Å². The number of halogens is 1. The molecule has 0 aliphatic carbocycles. The number of hydrogen-bond acceptors (Lipinski definition) is 2. The van der Waals surface area contributed by atoms with E-state index < -0.39 is 0 Å². The molecule has 2 nitrogen and oxygen atoms in total. The van der Waals surface area contributed by atoms with E-state index in [0.29, 0.717) is 18.1 Å². The van der Waals surface area contributed by atoms with Gasteiger partial charge >= 0.3 is 0 Å². The molecule has 98 valence electrons. The average molecular weight is 248 g/mol. The number of piperidine rings is 2. The normalized spacial score (nSPS) is 31.4. The summed E-state index contributed by atoms with van der Waals surface area (Å²) in [5.41, 5.74) is 0.807. The molecule has 0 saturated carbocycles. The fraction of sp³-hybridized carbons (Fsp3) is 0.600. The van der Waals surface area contributed by atoms with Crippen LogP contribution in [0.15, 0.2) is 24.3 Å². The van der Waals surface area contributed by atoms with Gasteiger partial charge in [0.05, 0.1) is 5.69 Å². The first-order valence-corrected chi connectivity index (χ1v) is 6.99. The second kappa shape index (κ2) is 4.88. The fourth-order valence-electron chi connectivity index (χ4n) is 3.67. The van der Waals surface area contributed by atoms with Gasteiger partial charge in [0, 0.05) is 18.1 Å². The Kier molecular flexibility index (Phi) is 3.25. The van der Waals surface area contributed by atoms with Gasteiger partial charge < -0.3 is 10.2 Å². The quantitative estimate of drug-likeness (QED) is 0.865. The van der Waals surface area contributed by atoms with Crippen LogP contribution in [0.4, 0.5) is 10.1 Å². The molecule has 0 amide bonds. The van der Waals surface area contributed by atoms with Crippen LogP contribution in [0.2, 0.25) is 0 Å². The molecule has 2 saturated heterocycles. The summed E-state index contributed by atoms with van der Waals surface area (Å²) in [7, 11) is 2.04. The average Bonchev–Trinajstić information content (AvgIpc) is 2.38. The zero-order chi connectivity index (χ0) is 12.5. The summed E-state index contributed by atoms with van der Waals surface area (Å²) in [6.07, 6.45) is 5.96. The van der Waals surface area contributed by atoms with Crippen LogP contribution in [0, 0.1) is 5.82 Å². The van der Waals surface area contributed by atoms with Crippen LogP contribution in [-0.4, -0.2) is 25.2 Å². The fourth-order valence-corrected chi connectivity index (χ4v) is 3.67. The SMILES string of the molecule is CNC1CC2CCCC(C1)N2c1ccccc1F. The third-order valence-electron chi connectivity index (χ3n) is 4.51. The van der Waals surface area contributed by atoms with E-state index in [1.165, 1.54) is 19.3 Å². The highest BCUT2D eigenvalue weighted by atomic mass is 19.1. The second-order valence-corrected chi connectivity index (χ2v) is 5.55. The Balaban J connectivity index is 1.90. The Labute approximate surface area is 108 Å². The van der Waals surface area contributed by atoms with Crippen molar-refractivity contribution in [3.63, 3.8) is 0 Å². The molecular formula is C15H21FN2. The zero-order valence-corrected chi connectivity index (χ0v) is 10.9. The monoisotopic (exact) mass is 248 g/mol. The smallest absolute Gasteiger partial charge is 0.146 e. The van der Waals surface area contributed by atoms with Crippen molar-refractivity contribution in [1.29, 1.82) is 0 Å². The lowest BCUT2D eigenvalue weighted by atomic mass is 9.81. The molecule has 0 spiro atoms. The minimum atomic E-state index is -0.0719. The molecule has 2 unspecified atom stereocenters. The highest BCUT2D eigenvalue weighted by Gasteiger charge is 2.38. The van der Waals surface area contributed by atoms with Crippen molar-refractivity contribution in [3.8, 4) is 0 Å². The maximum Gasteiger partial charge on any atom is 0.146 e. The Morgan fingerprint density at radius 1 is 1.17 bits per heavy atom. The van der Waals surface area contributed by atoms with Gasteiger partial charge in [-0.3, -0.25) is 0 Å². The first-order valence-electron chi connectivity index (χ1n) is 6.99. The van der Waals surface area contributed by atoms with Crippen molar-refractivity contribution in [2.45, 2.75) is 50.2 Å². The summed E-state index contributed by atoms with van der Waals surface area (Å²) in [4.78, 5) is 2.35. The number of nitrogens with zero attached hydrogens (tertiary/aromatic N) is 1. The molecule has 2 atom stereocenters. The van der Waals surface area contributed by atoms with Crippen molar-refractivity contribution in [2.75, 3.05) is 11.9 Å². The van der Waals surface area contributed by atoms with Gasteiger partial charge in [-0.2, -0.15) is 0 Å². The molecule has 1 aromatic carbocycles. The van der Waals surface area contributed by atoms with E-state index in [2.05, 4.69) is 10.2 Å². The minimum absolute atomic E-state index is 0.0719. The van der Waals surface area contributed by atoms with E-state index in [9.17, 15) is 4.39 Å². The predicted molar refractivity (Wildman–Crippen MR) is 72.4 cm³/mol. The molecule has 2 aliphatic rings. The molecule has 1 aromatic rings. The second-order valence-electron chi connectivity index (χ2n) is 5.55. The number of anilines is 1. The summed E-state index contributed by atoms with van der Waals surface area (Å²) < 4.78 is 14.0. The molecular weight excluding hydrogens is 227 g/mol. The lowest BCUT2D eigenvalue weighted by molar-refractivity contribution is 0.250. The van der Waals surface area contributed by atoms with Crippen molar-refractivity contribution in [3.05, 3.63) is 30.1 Å². The molecule has 3 heteroatoms. The van der Waals surface area contributed by atoms with Gasteiger partial charge in [0.1, 0.15) is 5.82 Å². The van der Waals surface area contributed by atoms with Gasteiger partial charge in [-0.25, -0.2) is 4.39 Å². The van der Waals surface area contributed by atoms with Gasteiger partial charge in [-0.1, -0.05) is 12.1 Å². The molecule has 18 heavy (non-hydrogen) atoms. The number of fused-ring (bicyclic) bond motifs is 2. The van der Waals surface area contributed by atoms with Crippen LogP contribution in [-0.2, 0) is 0 Å². The van der Waals surface area contributed by atoms with Crippen molar-refractivity contribution < 1.29 is 4.39 Å². The van der Waals surface area contributed by atoms with E-state index in [-0.39, 0.29) is 5.82 Å². The lowest BCUT2D eigenvalue weighted by Crippen LogP contribution is -2.56.